The largest absolute Gasteiger partial charge is 0.351 e. The van der Waals surface area contributed by atoms with E-state index in [0.717, 1.165) is 11.5 Å². The van der Waals surface area contributed by atoms with Crippen LogP contribution in [0.2, 0.25) is 0 Å². The Kier molecular flexibility index (Phi) is 25.9. The van der Waals surface area contributed by atoms with Gasteiger partial charge in [-0.05, 0) is 59.1 Å². The van der Waals surface area contributed by atoms with Crippen LogP contribution in [0.1, 0.15) is 141 Å². The molecule has 14 unspecified atom stereocenters. The first kappa shape index (κ1) is 58.0. The van der Waals surface area contributed by atoms with Crippen molar-refractivity contribution < 1.29 is 75.8 Å². The van der Waals surface area contributed by atoms with Crippen molar-refractivity contribution in [3.05, 3.63) is 0 Å². The van der Waals surface area contributed by atoms with E-state index in [1.807, 2.05) is 107 Å². The van der Waals surface area contributed by atoms with E-state index in [0.29, 0.717) is 103 Å². The van der Waals surface area contributed by atoms with Crippen molar-refractivity contribution in [1.82, 2.24) is 0 Å². The minimum absolute atomic E-state index is 0.00307. The topological polar surface area (TPSA) is 148 Å². The summed E-state index contributed by atoms with van der Waals surface area (Å²) < 4.78 is 101. The van der Waals surface area contributed by atoms with Crippen LogP contribution in [-0.4, -0.2) is 153 Å². The molecule has 0 aromatic rings. The van der Waals surface area contributed by atoms with E-state index in [9.17, 15) is 0 Å². The fourth-order valence-corrected chi connectivity index (χ4v) is 10.9. The molecule has 0 aliphatic carbocycles. The van der Waals surface area contributed by atoms with Crippen molar-refractivity contribution in [2.75, 3.05) is 62.7 Å². The summed E-state index contributed by atoms with van der Waals surface area (Å²) in [7, 11) is 0. The van der Waals surface area contributed by atoms with Gasteiger partial charge in [0.15, 0.2) is 31.5 Å². The van der Waals surface area contributed by atoms with Crippen LogP contribution in [0.3, 0.4) is 0 Å². The molecule has 4 rings (SSSR count). The lowest BCUT2D eigenvalue weighted by Crippen LogP contribution is -2.43. The highest BCUT2D eigenvalue weighted by Gasteiger charge is 2.46. The first-order chi connectivity index (χ1) is 31.2. The average Bonchev–Trinajstić information content (AvgIpc) is 4.09. The second-order valence-electron chi connectivity index (χ2n) is 16.9. The molecule has 0 spiro atoms. The standard InChI is InChI=1S/C46H86O16S3/c1-14-38(59-43(18-5)49-23-32(10)55-43)47-27-36(29-63-22-9)65-37(28-48-39(15-2)60-44(19-6)50-24-33(11)56-44)30-64-31-42(53-40(16-3)61-45(20-7)51-25-34(12)57-45)54-41(17-4)62-46(21-8)52-26-35(13)58-46/h32-42H,14-31H2,1-13H3. The Morgan fingerprint density at radius 2 is 0.754 bits per heavy atom. The molecule has 4 heterocycles. The summed E-state index contributed by atoms with van der Waals surface area (Å²) in [5, 5.41) is 0.111. The van der Waals surface area contributed by atoms with Gasteiger partial charge >= 0.3 is 0 Å². The van der Waals surface area contributed by atoms with Crippen LogP contribution in [0.4, 0.5) is 0 Å². The quantitative estimate of drug-likeness (QED) is 0.0555. The monoisotopic (exact) mass is 991 g/mol. The third-order valence-electron chi connectivity index (χ3n) is 11.0. The Hall–Kier alpha value is 0.410. The van der Waals surface area contributed by atoms with Crippen molar-refractivity contribution in [2.45, 2.75) is 232 Å². The molecule has 0 aromatic heterocycles. The lowest BCUT2D eigenvalue weighted by molar-refractivity contribution is -0.421. The SMILES string of the molecule is CCSCC(COC(CC)OC1(CC)OCC(C)O1)SC(COC(CC)OC1(CC)OCC(C)O1)CSCC(OC(CC)OC1(CC)OCC(C)O1)OC(CC)OC1(CC)OCC(C)O1. The van der Waals surface area contributed by atoms with Gasteiger partial charge in [0.25, 0.3) is 23.9 Å². The zero-order valence-corrected chi connectivity index (χ0v) is 44.3. The first-order valence-corrected chi connectivity index (χ1v) is 27.8. The van der Waals surface area contributed by atoms with Gasteiger partial charge in [-0.25, -0.2) is 0 Å². The summed E-state index contributed by atoms with van der Waals surface area (Å²) in [6.45, 7) is 28.8. The van der Waals surface area contributed by atoms with Gasteiger partial charge in [-0.15, -0.1) is 11.8 Å². The molecule has 16 nitrogen and oxygen atoms in total. The van der Waals surface area contributed by atoms with E-state index >= 15 is 0 Å². The summed E-state index contributed by atoms with van der Waals surface area (Å²) >= 11 is 5.42. The second kappa shape index (κ2) is 29.1. The van der Waals surface area contributed by atoms with Gasteiger partial charge < -0.3 is 56.8 Å². The average molecular weight is 991 g/mol. The van der Waals surface area contributed by atoms with Gasteiger partial charge in [0.1, 0.15) is 0 Å². The van der Waals surface area contributed by atoms with Crippen LogP contribution in [0.25, 0.3) is 0 Å². The molecule has 384 valence electrons. The molecule has 4 aliphatic rings. The van der Waals surface area contributed by atoms with E-state index in [1.54, 1.807) is 11.8 Å². The molecule has 4 aliphatic heterocycles. The molecular weight excluding hydrogens is 905 g/mol. The van der Waals surface area contributed by atoms with Gasteiger partial charge in [-0.1, -0.05) is 62.3 Å². The molecule has 65 heavy (non-hydrogen) atoms. The summed E-state index contributed by atoms with van der Waals surface area (Å²) in [4.78, 5) is 0. The number of ether oxygens (including phenoxy) is 16. The molecule has 14 atom stereocenters. The zero-order chi connectivity index (χ0) is 47.5. The predicted molar refractivity (Wildman–Crippen MR) is 252 cm³/mol. The van der Waals surface area contributed by atoms with Gasteiger partial charge in [0.2, 0.25) is 0 Å². The van der Waals surface area contributed by atoms with Crippen LogP contribution in [-0.2, 0) is 75.8 Å². The minimum Gasteiger partial charge on any atom is -0.351 e. The van der Waals surface area contributed by atoms with Crippen LogP contribution in [0.5, 0.6) is 0 Å². The fourth-order valence-electron chi connectivity index (χ4n) is 7.43. The van der Waals surface area contributed by atoms with E-state index in [1.165, 1.54) is 0 Å². The third kappa shape index (κ3) is 18.5. The third-order valence-corrected chi connectivity index (χ3v) is 15.0. The highest BCUT2D eigenvalue weighted by molar-refractivity contribution is 8.05. The van der Waals surface area contributed by atoms with Crippen molar-refractivity contribution >= 4 is 35.3 Å². The van der Waals surface area contributed by atoms with Crippen molar-refractivity contribution in [3.63, 3.8) is 0 Å². The number of rotatable bonds is 35. The minimum atomic E-state index is -1.20. The summed E-state index contributed by atoms with van der Waals surface area (Å²) in [6, 6.07) is 0. The van der Waals surface area contributed by atoms with Gasteiger partial charge in [-0.2, -0.15) is 23.5 Å². The Morgan fingerprint density at radius 3 is 1.03 bits per heavy atom. The predicted octanol–water partition coefficient (Wildman–Crippen LogP) is 9.34. The van der Waals surface area contributed by atoms with Crippen LogP contribution >= 0.6 is 35.3 Å². The first-order valence-electron chi connectivity index (χ1n) is 24.5. The Labute approximate surface area is 403 Å². The molecule has 0 aromatic carbocycles. The highest BCUT2D eigenvalue weighted by atomic mass is 32.2. The normalized spacial score (nSPS) is 33.9. The number of thioether (sulfide) groups is 3. The van der Waals surface area contributed by atoms with E-state index in [4.69, 9.17) is 75.8 Å². The summed E-state index contributed by atoms with van der Waals surface area (Å²) in [5.74, 6) is -1.65. The number of hydrogen-bond donors (Lipinski definition) is 0. The van der Waals surface area contributed by atoms with Gasteiger partial charge in [-0.3, -0.25) is 18.9 Å². The lowest BCUT2D eigenvalue weighted by Gasteiger charge is -2.35. The van der Waals surface area contributed by atoms with Gasteiger partial charge in [0.05, 0.1) is 64.1 Å². The van der Waals surface area contributed by atoms with Crippen molar-refractivity contribution in [1.29, 1.82) is 0 Å². The maximum absolute atomic E-state index is 6.67. The van der Waals surface area contributed by atoms with E-state index in [-0.39, 0.29) is 34.9 Å². The maximum atomic E-state index is 6.67. The molecule has 0 bridgehead atoms. The lowest BCUT2D eigenvalue weighted by atomic mass is 10.4. The fraction of sp³-hybridized carbons (Fsp3) is 1.00. The molecule has 0 radical (unpaired) electrons. The Balaban J connectivity index is 1.53. The molecule has 0 saturated carbocycles. The van der Waals surface area contributed by atoms with Crippen LogP contribution < -0.4 is 0 Å². The molecule has 0 N–H and O–H groups in total. The number of hydrogen-bond acceptors (Lipinski definition) is 19. The van der Waals surface area contributed by atoms with E-state index < -0.39 is 55.3 Å². The molecule has 19 heteroatoms. The van der Waals surface area contributed by atoms with Crippen molar-refractivity contribution in [3.8, 4) is 0 Å². The maximum Gasteiger partial charge on any atom is 0.285 e. The Bertz CT molecular complexity index is 1260. The molecule has 0 amide bonds. The second-order valence-corrected chi connectivity index (χ2v) is 20.9. The van der Waals surface area contributed by atoms with Crippen LogP contribution in [0, 0.1) is 0 Å². The smallest absolute Gasteiger partial charge is 0.285 e. The molecular formula is C46H86O16S3. The summed E-state index contributed by atoms with van der Waals surface area (Å²) in [6.07, 6.45) is 0.878. The zero-order valence-electron chi connectivity index (χ0n) is 41.8. The molecule has 4 fully saturated rings. The highest BCUT2D eigenvalue weighted by Crippen LogP contribution is 2.36. The van der Waals surface area contributed by atoms with Crippen LogP contribution in [0.15, 0.2) is 0 Å². The Morgan fingerprint density at radius 1 is 0.431 bits per heavy atom. The van der Waals surface area contributed by atoms with Gasteiger partial charge in [0, 0.05) is 53.4 Å². The molecule has 4 saturated heterocycles. The van der Waals surface area contributed by atoms with E-state index in [2.05, 4.69) is 6.92 Å². The van der Waals surface area contributed by atoms with Crippen molar-refractivity contribution in [2.24, 2.45) is 0 Å². The summed E-state index contributed by atoms with van der Waals surface area (Å²) in [5.41, 5.74) is 0.